The summed E-state index contributed by atoms with van der Waals surface area (Å²) in [5.41, 5.74) is 0.540. The van der Waals surface area contributed by atoms with Crippen molar-refractivity contribution in [1.29, 1.82) is 0 Å². The summed E-state index contributed by atoms with van der Waals surface area (Å²) < 4.78 is 38.9. The fraction of sp³-hybridized carbons (Fsp3) is 0.143. The SMILES string of the molecule is FC(F)(F)c1cc(Cl)cc(NCc2ccc(Br)cc2)c1. The Hall–Kier alpha value is -1.20. The molecule has 1 N–H and O–H groups in total. The van der Waals surface area contributed by atoms with Gasteiger partial charge in [-0.3, -0.25) is 0 Å². The lowest BCUT2D eigenvalue weighted by atomic mass is 10.1. The molecule has 2 aromatic rings. The summed E-state index contributed by atoms with van der Waals surface area (Å²) in [4.78, 5) is 0. The van der Waals surface area contributed by atoms with E-state index in [0.717, 1.165) is 22.2 Å². The molecule has 2 rings (SSSR count). The Kier molecular flexibility index (Phi) is 4.60. The van der Waals surface area contributed by atoms with Gasteiger partial charge in [0.2, 0.25) is 0 Å². The first-order valence-corrected chi connectivity index (χ1v) is 6.88. The average molecular weight is 365 g/mol. The number of nitrogens with one attached hydrogen (secondary N) is 1. The smallest absolute Gasteiger partial charge is 0.381 e. The van der Waals surface area contributed by atoms with Gasteiger partial charge >= 0.3 is 6.18 Å². The van der Waals surface area contributed by atoms with E-state index in [1.807, 2.05) is 24.3 Å². The van der Waals surface area contributed by atoms with E-state index >= 15 is 0 Å². The van der Waals surface area contributed by atoms with Gasteiger partial charge < -0.3 is 5.32 Å². The molecule has 0 aromatic heterocycles. The van der Waals surface area contributed by atoms with Crippen LogP contribution in [0.2, 0.25) is 5.02 Å². The van der Waals surface area contributed by atoms with Gasteiger partial charge in [0.05, 0.1) is 5.56 Å². The maximum Gasteiger partial charge on any atom is 0.416 e. The molecule has 0 saturated heterocycles. The molecule has 0 heterocycles. The summed E-state index contributed by atoms with van der Waals surface area (Å²) in [6.45, 7) is 0.422. The molecule has 20 heavy (non-hydrogen) atoms. The summed E-state index contributed by atoms with van der Waals surface area (Å²) in [7, 11) is 0. The molecule has 0 amide bonds. The van der Waals surface area contributed by atoms with Crippen LogP contribution in [-0.4, -0.2) is 0 Å². The molecule has 0 aliphatic carbocycles. The zero-order chi connectivity index (χ0) is 14.8. The molecule has 2 aromatic carbocycles. The molecule has 6 heteroatoms. The number of hydrogen-bond donors (Lipinski definition) is 1. The normalized spacial score (nSPS) is 11.4. The molecule has 0 aliphatic heterocycles. The standard InChI is InChI=1S/C14H10BrClF3N/c15-11-3-1-9(2-4-11)8-20-13-6-10(14(17,18)19)5-12(16)7-13/h1-7,20H,8H2. The lowest BCUT2D eigenvalue weighted by molar-refractivity contribution is -0.137. The maximum atomic E-state index is 12.7. The van der Waals surface area contributed by atoms with Gasteiger partial charge in [-0.2, -0.15) is 13.2 Å². The molecule has 1 nitrogen and oxygen atoms in total. The molecule has 0 saturated carbocycles. The van der Waals surface area contributed by atoms with Gasteiger partial charge in [0.25, 0.3) is 0 Å². The Morgan fingerprint density at radius 3 is 2.30 bits per heavy atom. The quantitative estimate of drug-likeness (QED) is 0.733. The topological polar surface area (TPSA) is 12.0 Å². The molecule has 0 aliphatic rings. The highest BCUT2D eigenvalue weighted by atomic mass is 79.9. The first-order chi connectivity index (χ1) is 9.34. The van der Waals surface area contributed by atoms with Gasteiger partial charge in [-0.05, 0) is 35.9 Å². The van der Waals surface area contributed by atoms with Crippen LogP contribution in [0, 0.1) is 0 Å². The van der Waals surface area contributed by atoms with Gasteiger partial charge in [0.15, 0.2) is 0 Å². The van der Waals surface area contributed by atoms with Crippen molar-refractivity contribution >= 4 is 33.2 Å². The van der Waals surface area contributed by atoms with Crippen molar-refractivity contribution in [2.45, 2.75) is 12.7 Å². The van der Waals surface area contributed by atoms with Gasteiger partial charge in [-0.15, -0.1) is 0 Å². The van der Waals surface area contributed by atoms with E-state index in [4.69, 9.17) is 11.6 Å². The summed E-state index contributed by atoms with van der Waals surface area (Å²) in [6.07, 6.45) is -4.40. The number of anilines is 1. The highest BCUT2D eigenvalue weighted by molar-refractivity contribution is 9.10. The number of rotatable bonds is 3. The van der Waals surface area contributed by atoms with Crippen molar-refractivity contribution in [3.05, 3.63) is 63.1 Å². The predicted octanol–water partition coefficient (Wildman–Crippen LogP) is 5.73. The van der Waals surface area contributed by atoms with Crippen molar-refractivity contribution < 1.29 is 13.2 Å². The second-order valence-electron chi connectivity index (χ2n) is 4.21. The minimum Gasteiger partial charge on any atom is -0.381 e. The first-order valence-electron chi connectivity index (χ1n) is 5.71. The lowest BCUT2D eigenvalue weighted by Crippen LogP contribution is -2.06. The minimum atomic E-state index is -4.40. The van der Waals surface area contributed by atoms with E-state index in [1.165, 1.54) is 6.07 Å². The molecule has 0 bridgehead atoms. The van der Waals surface area contributed by atoms with Crippen LogP contribution in [0.4, 0.5) is 18.9 Å². The summed E-state index contributed by atoms with van der Waals surface area (Å²) in [6, 6.07) is 10.9. The van der Waals surface area contributed by atoms with Gasteiger partial charge in [-0.25, -0.2) is 0 Å². The van der Waals surface area contributed by atoms with Crippen molar-refractivity contribution in [2.75, 3.05) is 5.32 Å². The van der Waals surface area contributed by atoms with E-state index < -0.39 is 11.7 Å². The molecule has 106 valence electrons. The third-order valence-corrected chi connectivity index (χ3v) is 3.38. The number of alkyl halides is 3. The van der Waals surface area contributed by atoms with Crippen molar-refractivity contribution in [1.82, 2.24) is 0 Å². The van der Waals surface area contributed by atoms with E-state index in [1.54, 1.807) is 0 Å². The van der Waals surface area contributed by atoms with Crippen LogP contribution in [-0.2, 0) is 12.7 Å². The van der Waals surface area contributed by atoms with Gasteiger partial charge in [0, 0.05) is 21.7 Å². The van der Waals surface area contributed by atoms with Gasteiger partial charge in [-0.1, -0.05) is 39.7 Å². The Bertz CT molecular complexity index is 596. The molecular formula is C14H10BrClF3N. The molecule has 0 atom stereocenters. The Morgan fingerprint density at radius 2 is 1.70 bits per heavy atom. The number of hydrogen-bond acceptors (Lipinski definition) is 1. The zero-order valence-electron chi connectivity index (χ0n) is 10.1. The second-order valence-corrected chi connectivity index (χ2v) is 5.56. The van der Waals surface area contributed by atoms with Crippen molar-refractivity contribution in [3.8, 4) is 0 Å². The lowest BCUT2D eigenvalue weighted by Gasteiger charge is -2.12. The van der Waals surface area contributed by atoms with E-state index in [-0.39, 0.29) is 5.02 Å². The zero-order valence-corrected chi connectivity index (χ0v) is 12.5. The van der Waals surface area contributed by atoms with Crippen LogP contribution in [0.3, 0.4) is 0 Å². The molecule has 0 radical (unpaired) electrons. The average Bonchev–Trinajstić information content (AvgIpc) is 2.36. The third kappa shape index (κ3) is 4.15. The predicted molar refractivity (Wildman–Crippen MR) is 77.9 cm³/mol. The van der Waals surface area contributed by atoms with E-state index in [0.29, 0.717) is 12.2 Å². The van der Waals surface area contributed by atoms with E-state index in [2.05, 4.69) is 21.2 Å². The monoisotopic (exact) mass is 363 g/mol. The molecular weight excluding hydrogens is 355 g/mol. The van der Waals surface area contributed by atoms with E-state index in [9.17, 15) is 13.2 Å². The van der Waals surface area contributed by atoms with Crippen molar-refractivity contribution in [2.24, 2.45) is 0 Å². The highest BCUT2D eigenvalue weighted by Crippen LogP contribution is 2.33. The first kappa shape index (κ1) is 15.2. The summed E-state index contributed by atoms with van der Waals surface area (Å²) >= 11 is 9.03. The number of benzene rings is 2. The largest absolute Gasteiger partial charge is 0.416 e. The second kappa shape index (κ2) is 6.06. The third-order valence-electron chi connectivity index (χ3n) is 2.64. The van der Waals surface area contributed by atoms with Gasteiger partial charge in [0.1, 0.15) is 0 Å². The van der Waals surface area contributed by atoms with Crippen molar-refractivity contribution in [3.63, 3.8) is 0 Å². The highest BCUT2D eigenvalue weighted by Gasteiger charge is 2.31. The minimum absolute atomic E-state index is 0.0538. The fourth-order valence-corrected chi connectivity index (χ4v) is 2.16. The fourth-order valence-electron chi connectivity index (χ4n) is 1.66. The Balaban J connectivity index is 2.13. The maximum absolute atomic E-state index is 12.7. The van der Waals surface area contributed by atoms with Crippen LogP contribution in [0.25, 0.3) is 0 Å². The summed E-state index contributed by atoms with van der Waals surface area (Å²) in [5.74, 6) is 0. The molecule has 0 spiro atoms. The molecule has 0 fully saturated rings. The Labute approximate surface area is 127 Å². The number of halogens is 5. The van der Waals surface area contributed by atoms with Crippen LogP contribution in [0.1, 0.15) is 11.1 Å². The molecule has 0 unspecified atom stereocenters. The van der Waals surface area contributed by atoms with Crippen LogP contribution in [0.15, 0.2) is 46.9 Å². The van der Waals surface area contributed by atoms with Crippen LogP contribution < -0.4 is 5.32 Å². The van der Waals surface area contributed by atoms with Crippen LogP contribution >= 0.6 is 27.5 Å². The van der Waals surface area contributed by atoms with Crippen LogP contribution in [0.5, 0.6) is 0 Å². The Morgan fingerprint density at radius 1 is 1.05 bits per heavy atom. The summed E-state index contributed by atoms with van der Waals surface area (Å²) in [5, 5.41) is 2.99.